The van der Waals surface area contributed by atoms with Gasteiger partial charge in [0.2, 0.25) is 5.91 Å². The molecule has 1 aromatic rings. The molecule has 0 bridgehead atoms. The lowest BCUT2D eigenvalue weighted by molar-refractivity contribution is -0.122. The first-order valence-electron chi connectivity index (χ1n) is 7.15. The van der Waals surface area contributed by atoms with Crippen LogP contribution in [0.15, 0.2) is 30.3 Å². The summed E-state index contributed by atoms with van der Waals surface area (Å²) in [5.41, 5.74) is 6.30. The van der Waals surface area contributed by atoms with E-state index in [0.717, 1.165) is 32.5 Å². The van der Waals surface area contributed by atoms with Crippen molar-refractivity contribution in [2.24, 2.45) is 5.73 Å². The Morgan fingerprint density at radius 1 is 1.30 bits per heavy atom. The van der Waals surface area contributed by atoms with Gasteiger partial charge >= 0.3 is 0 Å². The van der Waals surface area contributed by atoms with Crippen molar-refractivity contribution >= 4 is 11.6 Å². The summed E-state index contributed by atoms with van der Waals surface area (Å²) in [4.78, 5) is 12.9. The number of nitrogens with zero attached hydrogens (tertiary/aromatic N) is 1. The molecule has 0 atom stereocenters. The molecule has 110 valence electrons. The number of piperidine rings is 1. The lowest BCUT2D eigenvalue weighted by atomic mass is 10.0. The van der Waals surface area contributed by atoms with Crippen LogP contribution in [0, 0.1) is 0 Å². The highest BCUT2D eigenvalue weighted by molar-refractivity contribution is 5.74. The number of carbonyl (C=O) groups excluding carboxylic acids is 1. The molecule has 20 heavy (non-hydrogen) atoms. The van der Waals surface area contributed by atoms with Gasteiger partial charge in [0, 0.05) is 31.4 Å². The number of anilines is 1. The number of amides is 1. The molecule has 0 saturated carbocycles. The third-order valence-corrected chi connectivity index (χ3v) is 3.54. The zero-order valence-corrected chi connectivity index (χ0v) is 11.8. The Morgan fingerprint density at radius 3 is 2.65 bits per heavy atom. The smallest absolute Gasteiger partial charge is 0.243 e. The van der Waals surface area contributed by atoms with E-state index < -0.39 is 5.91 Å². The van der Waals surface area contributed by atoms with Gasteiger partial charge in [0.1, 0.15) is 6.61 Å². The average Bonchev–Trinajstić information content (AvgIpc) is 2.48. The molecule has 2 rings (SSSR count). The number of para-hydroxylation sites is 1. The van der Waals surface area contributed by atoms with Crippen LogP contribution in [-0.2, 0) is 9.53 Å². The number of primary amides is 1. The van der Waals surface area contributed by atoms with Crippen LogP contribution in [0.3, 0.4) is 0 Å². The highest BCUT2D eigenvalue weighted by Crippen LogP contribution is 2.19. The van der Waals surface area contributed by atoms with Crippen LogP contribution in [0.1, 0.15) is 12.8 Å². The maximum Gasteiger partial charge on any atom is 0.243 e. The second-order valence-electron chi connectivity index (χ2n) is 5.07. The van der Waals surface area contributed by atoms with Gasteiger partial charge in [-0.15, -0.1) is 0 Å². The molecule has 3 N–H and O–H groups in total. The van der Waals surface area contributed by atoms with E-state index in [2.05, 4.69) is 34.5 Å². The summed E-state index contributed by atoms with van der Waals surface area (Å²) in [6.45, 7) is 3.45. The molecule has 0 aliphatic carbocycles. The first kappa shape index (κ1) is 14.8. The van der Waals surface area contributed by atoms with E-state index in [4.69, 9.17) is 10.5 Å². The molecule has 0 aromatic heterocycles. The Balaban J connectivity index is 1.61. The van der Waals surface area contributed by atoms with Gasteiger partial charge in [0.15, 0.2) is 0 Å². The molecule has 1 aromatic carbocycles. The molecule has 1 amide bonds. The normalized spacial score (nSPS) is 16.3. The van der Waals surface area contributed by atoms with Gasteiger partial charge in [-0.1, -0.05) is 18.2 Å². The van der Waals surface area contributed by atoms with Gasteiger partial charge in [-0.25, -0.2) is 0 Å². The minimum atomic E-state index is -0.416. The molecule has 1 aliphatic rings. The van der Waals surface area contributed by atoms with E-state index in [1.807, 2.05) is 6.07 Å². The summed E-state index contributed by atoms with van der Waals surface area (Å²) < 4.78 is 5.13. The fourth-order valence-electron chi connectivity index (χ4n) is 2.49. The van der Waals surface area contributed by atoms with E-state index in [0.29, 0.717) is 12.6 Å². The van der Waals surface area contributed by atoms with Crippen LogP contribution in [0.2, 0.25) is 0 Å². The Kier molecular flexibility index (Phi) is 5.83. The maximum atomic E-state index is 10.5. The second kappa shape index (κ2) is 7.87. The third kappa shape index (κ3) is 4.83. The lowest BCUT2D eigenvalue weighted by Gasteiger charge is -2.34. The van der Waals surface area contributed by atoms with Gasteiger partial charge in [-0.3, -0.25) is 4.79 Å². The highest BCUT2D eigenvalue weighted by atomic mass is 16.5. The molecule has 5 nitrogen and oxygen atoms in total. The van der Waals surface area contributed by atoms with Crippen molar-refractivity contribution in [2.45, 2.75) is 18.9 Å². The Labute approximate surface area is 120 Å². The summed E-state index contributed by atoms with van der Waals surface area (Å²) in [5, 5.41) is 3.46. The quantitative estimate of drug-likeness (QED) is 0.722. The van der Waals surface area contributed by atoms with E-state index >= 15 is 0 Å². The Morgan fingerprint density at radius 2 is 2.00 bits per heavy atom. The first-order valence-corrected chi connectivity index (χ1v) is 7.15. The maximum absolute atomic E-state index is 10.5. The van der Waals surface area contributed by atoms with E-state index in [-0.39, 0.29) is 6.61 Å². The minimum absolute atomic E-state index is 0.00807. The van der Waals surface area contributed by atoms with Crippen molar-refractivity contribution in [1.82, 2.24) is 5.32 Å². The van der Waals surface area contributed by atoms with Crippen molar-refractivity contribution in [3.8, 4) is 0 Å². The van der Waals surface area contributed by atoms with Crippen molar-refractivity contribution in [1.29, 1.82) is 0 Å². The summed E-state index contributed by atoms with van der Waals surface area (Å²) >= 11 is 0. The predicted octanol–water partition coefficient (Wildman–Crippen LogP) is 0.747. The highest BCUT2D eigenvalue weighted by Gasteiger charge is 2.18. The summed E-state index contributed by atoms with van der Waals surface area (Å²) in [7, 11) is 0. The molecule has 0 unspecified atom stereocenters. The standard InChI is InChI=1S/C15H23N3O2/c16-15(19)12-20-11-8-17-13-6-9-18(10-7-13)14-4-2-1-3-5-14/h1-5,13,17H,6-12H2,(H2,16,19). The van der Waals surface area contributed by atoms with E-state index in [1.54, 1.807) is 0 Å². The Hall–Kier alpha value is -1.59. The molecular formula is C15H23N3O2. The zero-order valence-electron chi connectivity index (χ0n) is 11.8. The minimum Gasteiger partial charge on any atom is -0.371 e. The van der Waals surface area contributed by atoms with Crippen LogP contribution in [0.5, 0.6) is 0 Å². The SMILES string of the molecule is NC(=O)COCCNC1CCN(c2ccccc2)CC1. The molecule has 1 heterocycles. The molecule has 0 spiro atoms. The predicted molar refractivity (Wildman–Crippen MR) is 79.7 cm³/mol. The number of carbonyl (C=O) groups is 1. The molecule has 1 aliphatic heterocycles. The van der Waals surface area contributed by atoms with Crippen LogP contribution < -0.4 is 16.0 Å². The fraction of sp³-hybridized carbons (Fsp3) is 0.533. The Bertz CT molecular complexity index is 403. The van der Waals surface area contributed by atoms with Gasteiger partial charge in [-0.2, -0.15) is 0 Å². The van der Waals surface area contributed by atoms with E-state index in [9.17, 15) is 4.79 Å². The number of nitrogens with two attached hydrogens (primary N) is 1. The summed E-state index contributed by atoms with van der Waals surface area (Å²) in [6, 6.07) is 11.1. The number of nitrogens with one attached hydrogen (secondary N) is 1. The van der Waals surface area contributed by atoms with Crippen LogP contribution in [-0.4, -0.2) is 44.8 Å². The monoisotopic (exact) mass is 277 g/mol. The number of hydrogen-bond acceptors (Lipinski definition) is 4. The van der Waals surface area contributed by atoms with Gasteiger partial charge in [0.05, 0.1) is 6.61 Å². The first-order chi connectivity index (χ1) is 9.75. The van der Waals surface area contributed by atoms with Gasteiger partial charge < -0.3 is 20.7 Å². The summed E-state index contributed by atoms with van der Waals surface area (Å²) in [5.74, 6) is -0.416. The molecule has 1 saturated heterocycles. The van der Waals surface area contributed by atoms with Gasteiger partial charge in [0.25, 0.3) is 0 Å². The molecule has 0 radical (unpaired) electrons. The number of ether oxygens (including phenoxy) is 1. The zero-order chi connectivity index (χ0) is 14.2. The largest absolute Gasteiger partial charge is 0.371 e. The second-order valence-corrected chi connectivity index (χ2v) is 5.07. The van der Waals surface area contributed by atoms with Crippen molar-refractivity contribution in [3.05, 3.63) is 30.3 Å². The average molecular weight is 277 g/mol. The third-order valence-electron chi connectivity index (χ3n) is 3.54. The van der Waals surface area contributed by atoms with Gasteiger partial charge in [-0.05, 0) is 25.0 Å². The van der Waals surface area contributed by atoms with Crippen LogP contribution in [0.25, 0.3) is 0 Å². The van der Waals surface area contributed by atoms with Crippen LogP contribution in [0.4, 0.5) is 5.69 Å². The molecule has 5 heteroatoms. The number of benzene rings is 1. The summed E-state index contributed by atoms with van der Waals surface area (Å²) in [6.07, 6.45) is 2.26. The van der Waals surface area contributed by atoms with Crippen molar-refractivity contribution < 1.29 is 9.53 Å². The fourth-order valence-corrected chi connectivity index (χ4v) is 2.49. The van der Waals surface area contributed by atoms with Crippen molar-refractivity contribution in [3.63, 3.8) is 0 Å². The van der Waals surface area contributed by atoms with Crippen molar-refractivity contribution in [2.75, 3.05) is 37.7 Å². The molecular weight excluding hydrogens is 254 g/mol. The molecule has 1 fully saturated rings. The van der Waals surface area contributed by atoms with E-state index in [1.165, 1.54) is 5.69 Å². The lowest BCUT2D eigenvalue weighted by Crippen LogP contribution is -2.43. The topological polar surface area (TPSA) is 67.6 Å². The number of rotatable bonds is 7. The van der Waals surface area contributed by atoms with Crippen LogP contribution >= 0.6 is 0 Å². The number of hydrogen-bond donors (Lipinski definition) is 2.